The molecule has 1 aromatic carbocycles. The normalized spacial score (nSPS) is 14.0. The average molecular weight is 386 g/mol. The van der Waals surface area contributed by atoms with Gasteiger partial charge < -0.3 is 0 Å². The van der Waals surface area contributed by atoms with Gasteiger partial charge in [-0.05, 0) is 24.1 Å². The molecule has 2 heterocycles. The maximum absolute atomic E-state index is 12.4. The number of hydrogen-bond donors (Lipinski definition) is 1. The fraction of sp³-hybridized carbons (Fsp3) is 0.421. The lowest BCUT2D eigenvalue weighted by molar-refractivity contribution is -0.139. The van der Waals surface area contributed by atoms with Gasteiger partial charge in [-0.3, -0.25) is 24.6 Å². The first kappa shape index (κ1) is 19.2. The molecule has 0 bridgehead atoms. The van der Waals surface area contributed by atoms with Gasteiger partial charge in [0.2, 0.25) is 16.9 Å². The van der Waals surface area contributed by atoms with E-state index in [1.165, 1.54) is 16.2 Å². The zero-order valence-electron chi connectivity index (χ0n) is 15.2. The third-order valence-corrected chi connectivity index (χ3v) is 5.29. The number of carbonyl (C=O) groups is 3. The van der Waals surface area contributed by atoms with E-state index >= 15 is 0 Å². The van der Waals surface area contributed by atoms with Gasteiger partial charge in [0.05, 0.1) is 6.54 Å². The number of imide groups is 1. The standard InChI is InChI=1S/C19H22N4O3S/c1-2-3-4-5-15-21-22-19(27-15)20-18(26)14-8-6-13(7-9-14)12-23-16(24)10-11-17(23)25/h6-9H,2-5,10-12H2,1H3,(H,20,22,26). The summed E-state index contributed by atoms with van der Waals surface area (Å²) in [4.78, 5) is 37.0. The number of nitrogens with one attached hydrogen (secondary N) is 1. The second kappa shape index (κ2) is 8.85. The Hall–Kier alpha value is -2.61. The molecule has 0 unspecified atom stereocenters. The van der Waals surface area contributed by atoms with Crippen molar-refractivity contribution in [2.45, 2.75) is 52.0 Å². The van der Waals surface area contributed by atoms with E-state index in [2.05, 4.69) is 22.4 Å². The van der Waals surface area contributed by atoms with Crippen LogP contribution in [-0.4, -0.2) is 32.8 Å². The van der Waals surface area contributed by atoms with Gasteiger partial charge in [-0.25, -0.2) is 0 Å². The van der Waals surface area contributed by atoms with Gasteiger partial charge in [0.25, 0.3) is 5.91 Å². The van der Waals surface area contributed by atoms with Crippen LogP contribution in [0.3, 0.4) is 0 Å². The van der Waals surface area contributed by atoms with Gasteiger partial charge in [-0.1, -0.05) is 43.2 Å². The summed E-state index contributed by atoms with van der Waals surface area (Å²) in [6, 6.07) is 6.87. The molecule has 3 amide bonds. The number of aryl methyl sites for hydroxylation is 1. The highest BCUT2D eigenvalue weighted by molar-refractivity contribution is 7.15. The van der Waals surface area contributed by atoms with Gasteiger partial charge in [0.1, 0.15) is 5.01 Å². The van der Waals surface area contributed by atoms with E-state index in [1.807, 2.05) is 0 Å². The summed E-state index contributed by atoms with van der Waals surface area (Å²) in [5.41, 5.74) is 1.30. The summed E-state index contributed by atoms with van der Waals surface area (Å²) in [5.74, 6) is -0.549. The number of unbranched alkanes of at least 4 members (excludes halogenated alkanes) is 2. The molecule has 1 saturated heterocycles. The van der Waals surface area contributed by atoms with Crippen LogP contribution in [0.25, 0.3) is 0 Å². The largest absolute Gasteiger partial charge is 0.296 e. The molecule has 0 aliphatic carbocycles. The minimum Gasteiger partial charge on any atom is -0.296 e. The van der Waals surface area contributed by atoms with Gasteiger partial charge in [-0.15, -0.1) is 10.2 Å². The lowest BCUT2D eigenvalue weighted by atomic mass is 10.1. The number of hydrogen-bond acceptors (Lipinski definition) is 6. The Balaban J connectivity index is 1.56. The fourth-order valence-electron chi connectivity index (χ4n) is 2.84. The quantitative estimate of drug-likeness (QED) is 0.556. The summed E-state index contributed by atoms with van der Waals surface area (Å²) >= 11 is 1.40. The van der Waals surface area contributed by atoms with Crippen molar-refractivity contribution >= 4 is 34.2 Å². The van der Waals surface area contributed by atoms with Crippen LogP contribution in [0.4, 0.5) is 5.13 Å². The first-order chi connectivity index (χ1) is 13.1. The molecule has 3 rings (SSSR count). The zero-order chi connectivity index (χ0) is 19.2. The van der Waals surface area contributed by atoms with Crippen molar-refractivity contribution in [3.63, 3.8) is 0 Å². The van der Waals surface area contributed by atoms with E-state index in [1.54, 1.807) is 24.3 Å². The van der Waals surface area contributed by atoms with Crippen LogP contribution in [0.15, 0.2) is 24.3 Å². The highest BCUT2D eigenvalue weighted by Gasteiger charge is 2.28. The molecule has 1 fully saturated rings. The van der Waals surface area contributed by atoms with Gasteiger partial charge in [-0.2, -0.15) is 0 Å². The molecular weight excluding hydrogens is 364 g/mol. The van der Waals surface area contributed by atoms with E-state index in [4.69, 9.17) is 0 Å². The van der Waals surface area contributed by atoms with Crippen LogP contribution in [0.2, 0.25) is 0 Å². The van der Waals surface area contributed by atoms with Crippen LogP contribution in [0.1, 0.15) is 60.0 Å². The molecule has 1 N–H and O–H groups in total. The van der Waals surface area contributed by atoms with Crippen LogP contribution < -0.4 is 5.32 Å². The van der Waals surface area contributed by atoms with Crippen molar-refractivity contribution in [3.05, 3.63) is 40.4 Å². The Morgan fingerprint density at radius 1 is 1.11 bits per heavy atom. The SMILES string of the molecule is CCCCCc1nnc(NC(=O)c2ccc(CN3C(=O)CCC3=O)cc2)s1. The number of amides is 3. The molecule has 7 nitrogen and oxygen atoms in total. The molecule has 1 aliphatic rings. The number of anilines is 1. The predicted molar refractivity (Wildman–Crippen MR) is 102 cm³/mol. The average Bonchev–Trinajstić information content (AvgIpc) is 3.24. The van der Waals surface area contributed by atoms with E-state index < -0.39 is 0 Å². The first-order valence-corrected chi connectivity index (χ1v) is 9.94. The van der Waals surface area contributed by atoms with E-state index in [0.717, 1.165) is 36.3 Å². The number of likely N-dealkylation sites (tertiary alicyclic amines) is 1. The van der Waals surface area contributed by atoms with E-state index in [9.17, 15) is 14.4 Å². The fourth-order valence-corrected chi connectivity index (χ4v) is 3.62. The minimum atomic E-state index is -0.258. The molecule has 27 heavy (non-hydrogen) atoms. The Labute approximate surface area is 161 Å². The summed E-state index contributed by atoms with van der Waals surface area (Å²) in [7, 11) is 0. The van der Waals surface area contributed by atoms with Crippen molar-refractivity contribution in [1.82, 2.24) is 15.1 Å². The second-order valence-electron chi connectivity index (χ2n) is 6.48. The topological polar surface area (TPSA) is 92.3 Å². The summed E-state index contributed by atoms with van der Waals surface area (Å²) in [6.45, 7) is 2.40. The van der Waals surface area contributed by atoms with Crippen molar-refractivity contribution < 1.29 is 14.4 Å². The molecule has 1 aromatic heterocycles. The second-order valence-corrected chi connectivity index (χ2v) is 7.54. The highest BCUT2D eigenvalue weighted by Crippen LogP contribution is 2.19. The van der Waals surface area contributed by atoms with Gasteiger partial charge in [0.15, 0.2) is 0 Å². The number of carbonyl (C=O) groups excluding carboxylic acids is 3. The van der Waals surface area contributed by atoms with Gasteiger partial charge >= 0.3 is 0 Å². The van der Waals surface area contributed by atoms with Crippen LogP contribution in [0, 0.1) is 0 Å². The van der Waals surface area contributed by atoms with Crippen LogP contribution >= 0.6 is 11.3 Å². The zero-order valence-corrected chi connectivity index (χ0v) is 16.1. The summed E-state index contributed by atoms with van der Waals surface area (Å²) in [5, 5.41) is 12.3. The molecule has 8 heteroatoms. The Bertz CT molecular complexity index is 816. The van der Waals surface area contributed by atoms with E-state index in [0.29, 0.717) is 10.7 Å². The maximum Gasteiger partial charge on any atom is 0.257 e. The smallest absolute Gasteiger partial charge is 0.257 e. The highest BCUT2D eigenvalue weighted by atomic mass is 32.1. The van der Waals surface area contributed by atoms with Crippen LogP contribution in [-0.2, 0) is 22.6 Å². The van der Waals surface area contributed by atoms with E-state index in [-0.39, 0.29) is 37.1 Å². The maximum atomic E-state index is 12.4. The first-order valence-electron chi connectivity index (χ1n) is 9.12. The number of nitrogens with zero attached hydrogens (tertiary/aromatic N) is 3. The molecule has 0 radical (unpaired) electrons. The molecular formula is C19H22N4O3S. The molecule has 2 aromatic rings. The molecule has 0 saturated carbocycles. The van der Waals surface area contributed by atoms with Gasteiger partial charge in [0, 0.05) is 24.8 Å². The lowest BCUT2D eigenvalue weighted by Crippen LogP contribution is -2.28. The lowest BCUT2D eigenvalue weighted by Gasteiger charge is -2.13. The Morgan fingerprint density at radius 3 is 2.48 bits per heavy atom. The third-order valence-electron chi connectivity index (χ3n) is 4.39. The molecule has 0 atom stereocenters. The molecule has 0 spiro atoms. The number of rotatable bonds is 8. The Morgan fingerprint density at radius 2 is 1.81 bits per heavy atom. The Kier molecular flexibility index (Phi) is 6.28. The van der Waals surface area contributed by atoms with Crippen molar-refractivity contribution in [3.8, 4) is 0 Å². The third kappa shape index (κ3) is 4.97. The van der Waals surface area contributed by atoms with Crippen molar-refractivity contribution in [2.24, 2.45) is 0 Å². The monoisotopic (exact) mass is 386 g/mol. The summed E-state index contributed by atoms with van der Waals surface area (Å²) in [6.07, 6.45) is 4.82. The summed E-state index contributed by atoms with van der Waals surface area (Å²) < 4.78 is 0. The predicted octanol–water partition coefficient (Wildman–Crippen LogP) is 3.17. The van der Waals surface area contributed by atoms with Crippen molar-refractivity contribution in [2.75, 3.05) is 5.32 Å². The van der Waals surface area contributed by atoms with Crippen molar-refractivity contribution in [1.29, 1.82) is 0 Å². The minimum absolute atomic E-state index is 0.146. The number of aromatic nitrogens is 2. The van der Waals surface area contributed by atoms with Crippen LogP contribution in [0.5, 0.6) is 0 Å². The molecule has 142 valence electrons. The molecule has 1 aliphatic heterocycles. The number of benzene rings is 1.